The Labute approximate surface area is 148 Å². The van der Waals surface area contributed by atoms with Crippen LogP contribution in [0.1, 0.15) is 37.3 Å². The van der Waals surface area contributed by atoms with E-state index in [1.807, 2.05) is 0 Å². The van der Waals surface area contributed by atoms with Gasteiger partial charge in [-0.15, -0.1) is 0 Å². The number of alkyl halides is 5. The molecule has 2 nitrogen and oxygen atoms in total. The van der Waals surface area contributed by atoms with Crippen molar-refractivity contribution in [1.82, 2.24) is 4.98 Å². The molecular formula is C19H19F5N2. The van der Waals surface area contributed by atoms with Gasteiger partial charge in [0.15, 0.2) is 0 Å². The minimum absolute atomic E-state index is 0.102. The Hall–Kier alpha value is -2.18. The Morgan fingerprint density at radius 3 is 2.54 bits per heavy atom. The summed E-state index contributed by atoms with van der Waals surface area (Å²) < 4.78 is 66.3. The first-order valence-electron chi connectivity index (χ1n) is 8.37. The molecule has 1 saturated heterocycles. The number of halogens is 5. The second-order valence-electron chi connectivity index (χ2n) is 6.74. The Bertz CT molecular complexity index is 842. The van der Waals surface area contributed by atoms with Crippen LogP contribution in [0.3, 0.4) is 0 Å². The fourth-order valence-corrected chi connectivity index (χ4v) is 3.16. The van der Waals surface area contributed by atoms with Gasteiger partial charge >= 0.3 is 6.18 Å². The minimum Gasteiger partial charge on any atom is -0.356 e. The van der Waals surface area contributed by atoms with Crippen molar-refractivity contribution < 1.29 is 22.0 Å². The van der Waals surface area contributed by atoms with Gasteiger partial charge in [0, 0.05) is 36.9 Å². The number of fused-ring (bicyclic) bond motifs is 1. The Morgan fingerprint density at radius 2 is 1.88 bits per heavy atom. The Balaban J connectivity index is 2.09. The molecule has 1 aromatic carbocycles. The van der Waals surface area contributed by atoms with Crippen molar-refractivity contribution in [1.29, 1.82) is 0 Å². The molecule has 1 aromatic heterocycles. The van der Waals surface area contributed by atoms with E-state index in [-0.39, 0.29) is 24.9 Å². The molecular weight excluding hydrogens is 351 g/mol. The molecule has 26 heavy (non-hydrogen) atoms. The number of pyridine rings is 1. The maximum absolute atomic E-state index is 13.7. The quantitative estimate of drug-likeness (QED) is 0.611. The fraction of sp³-hybridized carbons (Fsp3) is 0.421. The van der Waals surface area contributed by atoms with Crippen LogP contribution in [0.15, 0.2) is 30.8 Å². The van der Waals surface area contributed by atoms with Gasteiger partial charge in [0.05, 0.1) is 11.1 Å². The molecule has 0 N–H and O–H groups in total. The van der Waals surface area contributed by atoms with E-state index in [0.29, 0.717) is 35.3 Å². The topological polar surface area (TPSA) is 16.1 Å². The lowest BCUT2D eigenvalue weighted by Crippen LogP contribution is -2.27. The average molecular weight is 370 g/mol. The van der Waals surface area contributed by atoms with Crippen LogP contribution < -0.4 is 4.90 Å². The number of hydrogen-bond donors (Lipinski definition) is 0. The fourth-order valence-electron chi connectivity index (χ4n) is 3.16. The zero-order valence-electron chi connectivity index (χ0n) is 14.3. The van der Waals surface area contributed by atoms with Crippen molar-refractivity contribution in [2.24, 2.45) is 0 Å². The number of anilines is 1. The largest absolute Gasteiger partial charge is 0.416 e. The van der Waals surface area contributed by atoms with Gasteiger partial charge < -0.3 is 4.90 Å². The van der Waals surface area contributed by atoms with E-state index in [1.54, 1.807) is 17.9 Å². The van der Waals surface area contributed by atoms with Crippen LogP contribution in [0.4, 0.5) is 27.8 Å². The highest BCUT2D eigenvalue weighted by Crippen LogP contribution is 2.35. The van der Waals surface area contributed by atoms with E-state index in [9.17, 15) is 22.0 Å². The highest BCUT2D eigenvalue weighted by atomic mass is 19.4. The average Bonchev–Trinajstić information content (AvgIpc) is 2.72. The van der Waals surface area contributed by atoms with Crippen LogP contribution in [0.25, 0.3) is 16.5 Å². The van der Waals surface area contributed by atoms with Gasteiger partial charge in [-0.1, -0.05) is 12.6 Å². The lowest BCUT2D eigenvalue weighted by atomic mass is 10.0. The smallest absolute Gasteiger partial charge is 0.356 e. The zero-order chi connectivity index (χ0) is 19.1. The van der Waals surface area contributed by atoms with Crippen molar-refractivity contribution in [2.45, 2.75) is 38.3 Å². The normalized spacial score (nSPS) is 18.0. The number of hydrogen-bond acceptors (Lipinski definition) is 2. The highest BCUT2D eigenvalue weighted by molar-refractivity contribution is 5.87. The van der Waals surface area contributed by atoms with Gasteiger partial charge in [-0.3, -0.25) is 0 Å². The van der Waals surface area contributed by atoms with Crippen LogP contribution >= 0.6 is 0 Å². The van der Waals surface area contributed by atoms with Crippen molar-refractivity contribution >= 4 is 22.3 Å². The maximum Gasteiger partial charge on any atom is 0.416 e. The first-order valence-corrected chi connectivity index (χ1v) is 8.37. The first kappa shape index (κ1) is 18.6. The summed E-state index contributed by atoms with van der Waals surface area (Å²) in [6.07, 6.45) is -4.67. The predicted molar refractivity (Wildman–Crippen MR) is 92.5 cm³/mol. The molecule has 0 aliphatic carbocycles. The number of aromatic nitrogens is 1. The molecule has 0 amide bonds. The van der Waals surface area contributed by atoms with E-state index in [0.717, 1.165) is 12.1 Å². The number of benzene rings is 1. The second kappa shape index (κ2) is 6.52. The van der Waals surface area contributed by atoms with Gasteiger partial charge in [0.2, 0.25) is 5.92 Å². The van der Waals surface area contributed by atoms with Gasteiger partial charge in [-0.25, -0.2) is 13.8 Å². The van der Waals surface area contributed by atoms with Gasteiger partial charge in [-0.05, 0) is 37.1 Å². The molecule has 0 spiro atoms. The van der Waals surface area contributed by atoms with Crippen LogP contribution in [-0.2, 0) is 6.18 Å². The van der Waals surface area contributed by atoms with Crippen LogP contribution in [0, 0.1) is 0 Å². The van der Waals surface area contributed by atoms with Crippen molar-refractivity contribution in [2.75, 3.05) is 18.0 Å². The van der Waals surface area contributed by atoms with Gasteiger partial charge in [0.1, 0.15) is 5.82 Å². The first-order chi connectivity index (χ1) is 12.1. The molecule has 2 aromatic rings. The van der Waals surface area contributed by atoms with E-state index in [4.69, 9.17) is 0 Å². The summed E-state index contributed by atoms with van der Waals surface area (Å²) in [5, 5.41) is 0.555. The SMILES string of the molecule is C=C(C)c1cc2ccc(C(F)(F)F)cc2nc1N1CCCC(F)(F)CC1. The van der Waals surface area contributed by atoms with Gasteiger partial charge in [0.25, 0.3) is 0 Å². The van der Waals surface area contributed by atoms with E-state index in [2.05, 4.69) is 11.6 Å². The molecule has 1 aliphatic rings. The Kier molecular flexibility index (Phi) is 4.67. The number of rotatable bonds is 2. The lowest BCUT2D eigenvalue weighted by molar-refractivity contribution is -0.137. The molecule has 3 rings (SSSR count). The third-order valence-corrected chi connectivity index (χ3v) is 4.60. The third-order valence-electron chi connectivity index (χ3n) is 4.60. The monoisotopic (exact) mass is 370 g/mol. The molecule has 0 saturated carbocycles. The summed E-state index contributed by atoms with van der Waals surface area (Å²) in [6, 6.07) is 5.10. The summed E-state index contributed by atoms with van der Waals surface area (Å²) in [7, 11) is 0. The minimum atomic E-state index is -4.46. The summed E-state index contributed by atoms with van der Waals surface area (Å²) in [4.78, 5) is 6.13. The second-order valence-corrected chi connectivity index (χ2v) is 6.74. The summed E-state index contributed by atoms with van der Waals surface area (Å²) in [5.41, 5.74) is 0.762. The summed E-state index contributed by atoms with van der Waals surface area (Å²) >= 11 is 0. The molecule has 1 fully saturated rings. The van der Waals surface area contributed by atoms with E-state index >= 15 is 0 Å². The van der Waals surface area contributed by atoms with E-state index < -0.39 is 17.7 Å². The summed E-state index contributed by atoms with van der Waals surface area (Å²) in [6.45, 7) is 6.15. The lowest BCUT2D eigenvalue weighted by Gasteiger charge is -2.25. The predicted octanol–water partition coefficient (Wildman–Crippen LogP) is 5.91. The Morgan fingerprint density at radius 1 is 1.15 bits per heavy atom. The molecule has 0 atom stereocenters. The van der Waals surface area contributed by atoms with Crippen molar-refractivity contribution in [3.8, 4) is 0 Å². The molecule has 0 unspecified atom stereocenters. The maximum atomic E-state index is 13.7. The zero-order valence-corrected chi connectivity index (χ0v) is 14.3. The van der Waals surface area contributed by atoms with Crippen LogP contribution in [0.5, 0.6) is 0 Å². The highest BCUT2D eigenvalue weighted by Gasteiger charge is 2.33. The summed E-state index contributed by atoms with van der Waals surface area (Å²) in [5.74, 6) is -2.31. The van der Waals surface area contributed by atoms with Crippen molar-refractivity contribution in [3.63, 3.8) is 0 Å². The molecule has 0 bridgehead atoms. The number of allylic oxidation sites excluding steroid dienone is 1. The molecule has 140 valence electrons. The van der Waals surface area contributed by atoms with Crippen LogP contribution in [-0.4, -0.2) is 24.0 Å². The number of nitrogens with zero attached hydrogens (tertiary/aromatic N) is 2. The molecule has 0 radical (unpaired) electrons. The van der Waals surface area contributed by atoms with Gasteiger partial charge in [-0.2, -0.15) is 13.2 Å². The molecule has 2 heterocycles. The third kappa shape index (κ3) is 3.81. The van der Waals surface area contributed by atoms with E-state index in [1.165, 1.54) is 6.07 Å². The van der Waals surface area contributed by atoms with Crippen molar-refractivity contribution in [3.05, 3.63) is 42.0 Å². The molecule has 7 heteroatoms. The standard InChI is InChI=1S/C19H19F5N2/c1-12(2)15-10-13-4-5-14(19(22,23)24)11-16(13)25-17(15)26-8-3-6-18(20,21)7-9-26/h4-5,10-11H,1,3,6-9H2,2H3. The molecule has 1 aliphatic heterocycles. The van der Waals surface area contributed by atoms with Crippen LogP contribution in [0.2, 0.25) is 0 Å².